The molecule has 3 N–H and O–H groups in total. The van der Waals surface area contributed by atoms with Gasteiger partial charge in [0.15, 0.2) is 0 Å². The van der Waals surface area contributed by atoms with Gasteiger partial charge in [-0.25, -0.2) is 13.1 Å². The van der Waals surface area contributed by atoms with E-state index in [0.29, 0.717) is 0 Å². The summed E-state index contributed by atoms with van der Waals surface area (Å²) in [6.07, 6.45) is 0. The average molecular weight is 272 g/mol. The van der Waals surface area contributed by atoms with Crippen LogP contribution in [0.2, 0.25) is 0 Å². The quantitative estimate of drug-likeness (QED) is 0.792. The Kier molecular flexibility index (Phi) is 4.62. The van der Waals surface area contributed by atoms with Crippen molar-refractivity contribution in [2.75, 3.05) is 5.75 Å². The summed E-state index contributed by atoms with van der Waals surface area (Å²) in [7, 11) is -3.45. The normalized spacial score (nSPS) is 13.3. The molecule has 1 aromatic rings. The van der Waals surface area contributed by atoms with Crippen molar-refractivity contribution in [2.45, 2.75) is 19.9 Å². The first-order chi connectivity index (χ1) is 7.80. The summed E-state index contributed by atoms with van der Waals surface area (Å²) in [6, 6.07) is 7.36. The Balaban J connectivity index is 2.75. The zero-order valence-electron chi connectivity index (χ0n) is 9.80. The van der Waals surface area contributed by atoms with Crippen molar-refractivity contribution in [1.29, 1.82) is 0 Å². The van der Waals surface area contributed by atoms with Gasteiger partial charge in [0.2, 0.25) is 10.0 Å². The third kappa shape index (κ3) is 4.80. The molecule has 4 nitrogen and oxygen atoms in total. The van der Waals surface area contributed by atoms with Crippen LogP contribution in [0.1, 0.15) is 24.1 Å². The summed E-state index contributed by atoms with van der Waals surface area (Å²) < 4.78 is 25.8. The minimum atomic E-state index is -3.45. The molecule has 0 radical (unpaired) electrons. The summed E-state index contributed by atoms with van der Waals surface area (Å²) in [5.41, 5.74) is 7.26. The fourth-order valence-electron chi connectivity index (χ4n) is 1.42. The molecule has 0 fully saturated rings. The molecule has 0 aliphatic rings. The molecule has 0 spiro atoms. The summed E-state index contributed by atoms with van der Waals surface area (Å²) in [5, 5.41) is 0. The van der Waals surface area contributed by atoms with Crippen LogP contribution in [-0.2, 0) is 10.0 Å². The largest absolute Gasteiger partial charge is 0.392 e. The molecule has 1 atom stereocenters. The molecule has 6 heteroatoms. The van der Waals surface area contributed by atoms with E-state index in [-0.39, 0.29) is 16.8 Å². The van der Waals surface area contributed by atoms with E-state index in [1.807, 2.05) is 31.2 Å². The van der Waals surface area contributed by atoms with E-state index in [1.54, 1.807) is 6.92 Å². The van der Waals surface area contributed by atoms with Crippen molar-refractivity contribution in [3.63, 3.8) is 0 Å². The molecular weight excluding hydrogens is 256 g/mol. The molecular formula is C11H16N2O2S2. The van der Waals surface area contributed by atoms with Crippen LogP contribution in [0, 0.1) is 6.92 Å². The first-order valence-corrected chi connectivity index (χ1v) is 7.21. The molecule has 17 heavy (non-hydrogen) atoms. The van der Waals surface area contributed by atoms with E-state index in [2.05, 4.69) is 16.9 Å². The molecule has 0 aromatic heterocycles. The fraction of sp³-hybridized carbons (Fsp3) is 0.364. The van der Waals surface area contributed by atoms with Gasteiger partial charge in [-0.15, -0.1) is 0 Å². The van der Waals surface area contributed by atoms with Gasteiger partial charge in [0.25, 0.3) is 0 Å². The zero-order chi connectivity index (χ0) is 13.1. The average Bonchev–Trinajstić information content (AvgIpc) is 2.15. The van der Waals surface area contributed by atoms with Gasteiger partial charge in [0, 0.05) is 6.04 Å². The molecule has 1 unspecified atom stereocenters. The van der Waals surface area contributed by atoms with Crippen LogP contribution in [-0.4, -0.2) is 19.2 Å². The third-order valence-corrected chi connectivity index (χ3v) is 4.00. The summed E-state index contributed by atoms with van der Waals surface area (Å²) in [6.45, 7) is 3.76. The fourth-order valence-corrected chi connectivity index (χ4v) is 3.02. The Bertz CT molecular complexity index is 495. The Hall–Kier alpha value is -0.980. The molecule has 0 saturated carbocycles. The maximum atomic E-state index is 11.6. The number of sulfonamides is 1. The van der Waals surface area contributed by atoms with Crippen LogP contribution in [0.25, 0.3) is 0 Å². The van der Waals surface area contributed by atoms with E-state index >= 15 is 0 Å². The van der Waals surface area contributed by atoms with Gasteiger partial charge in [-0.2, -0.15) is 0 Å². The lowest BCUT2D eigenvalue weighted by Gasteiger charge is -2.14. The lowest BCUT2D eigenvalue weighted by atomic mass is 10.1. The standard InChI is InChI=1S/C11H16N2O2S2/c1-8-3-5-10(6-4-8)9(2)13-17(14,15)7-11(12)16/h3-6,9,13H,7H2,1-2H3,(H2,12,16). The van der Waals surface area contributed by atoms with E-state index in [0.717, 1.165) is 11.1 Å². The van der Waals surface area contributed by atoms with Crippen molar-refractivity contribution in [3.8, 4) is 0 Å². The van der Waals surface area contributed by atoms with Gasteiger partial charge >= 0.3 is 0 Å². The third-order valence-electron chi connectivity index (χ3n) is 2.27. The van der Waals surface area contributed by atoms with Crippen molar-refractivity contribution in [3.05, 3.63) is 35.4 Å². The van der Waals surface area contributed by atoms with Crippen LogP contribution in [0.3, 0.4) is 0 Å². The maximum absolute atomic E-state index is 11.6. The van der Waals surface area contributed by atoms with Crippen LogP contribution >= 0.6 is 12.2 Å². The van der Waals surface area contributed by atoms with E-state index < -0.39 is 10.0 Å². The zero-order valence-corrected chi connectivity index (χ0v) is 11.4. The number of thiocarbonyl (C=S) groups is 1. The molecule has 0 bridgehead atoms. The lowest BCUT2D eigenvalue weighted by Crippen LogP contribution is -2.34. The molecule has 1 rings (SSSR count). The molecule has 1 aromatic carbocycles. The number of hydrogen-bond acceptors (Lipinski definition) is 3. The van der Waals surface area contributed by atoms with Gasteiger partial charge in [0.05, 0.1) is 4.99 Å². The molecule has 94 valence electrons. The van der Waals surface area contributed by atoms with Crippen molar-refractivity contribution in [2.24, 2.45) is 5.73 Å². The Labute approximate surface area is 107 Å². The number of benzene rings is 1. The van der Waals surface area contributed by atoms with Crippen molar-refractivity contribution < 1.29 is 8.42 Å². The molecule has 0 aliphatic heterocycles. The highest BCUT2D eigenvalue weighted by atomic mass is 32.2. The first kappa shape index (κ1) is 14.1. The number of hydrogen-bond donors (Lipinski definition) is 2. The Morgan fingerprint density at radius 2 is 1.94 bits per heavy atom. The van der Waals surface area contributed by atoms with Crippen LogP contribution in [0.15, 0.2) is 24.3 Å². The van der Waals surface area contributed by atoms with E-state index in [1.165, 1.54) is 0 Å². The summed E-state index contributed by atoms with van der Waals surface area (Å²) >= 11 is 4.59. The number of nitrogens with one attached hydrogen (secondary N) is 1. The second kappa shape index (κ2) is 5.57. The number of nitrogens with two attached hydrogens (primary N) is 1. The van der Waals surface area contributed by atoms with Gasteiger partial charge in [0.1, 0.15) is 5.75 Å². The summed E-state index contributed by atoms with van der Waals surface area (Å²) in [5.74, 6) is -0.321. The van der Waals surface area contributed by atoms with Gasteiger partial charge in [-0.1, -0.05) is 42.0 Å². The molecule has 0 aliphatic carbocycles. The van der Waals surface area contributed by atoms with Crippen LogP contribution < -0.4 is 10.5 Å². The van der Waals surface area contributed by atoms with Crippen LogP contribution in [0.4, 0.5) is 0 Å². The molecule has 0 saturated heterocycles. The van der Waals surface area contributed by atoms with Gasteiger partial charge in [-0.3, -0.25) is 0 Å². The maximum Gasteiger partial charge on any atom is 0.218 e. The SMILES string of the molecule is Cc1ccc(C(C)NS(=O)(=O)CC(N)=S)cc1. The minimum absolute atomic E-state index is 0.0337. The van der Waals surface area contributed by atoms with Gasteiger partial charge in [-0.05, 0) is 19.4 Å². The number of rotatable bonds is 5. The first-order valence-electron chi connectivity index (χ1n) is 5.15. The van der Waals surface area contributed by atoms with Crippen molar-refractivity contribution >= 4 is 27.2 Å². The Morgan fingerprint density at radius 1 is 1.41 bits per heavy atom. The highest BCUT2D eigenvalue weighted by Crippen LogP contribution is 2.14. The van der Waals surface area contributed by atoms with Crippen molar-refractivity contribution in [1.82, 2.24) is 4.72 Å². The van der Waals surface area contributed by atoms with Gasteiger partial charge < -0.3 is 5.73 Å². The lowest BCUT2D eigenvalue weighted by molar-refractivity contribution is 0.571. The molecule has 0 amide bonds. The minimum Gasteiger partial charge on any atom is -0.392 e. The number of aryl methyl sites for hydroxylation is 1. The topological polar surface area (TPSA) is 72.2 Å². The molecule has 0 heterocycles. The predicted molar refractivity (Wildman–Crippen MR) is 73.3 cm³/mol. The van der Waals surface area contributed by atoms with E-state index in [4.69, 9.17) is 5.73 Å². The second-order valence-corrected chi connectivity index (χ2v) is 6.25. The van der Waals surface area contributed by atoms with Crippen LogP contribution in [0.5, 0.6) is 0 Å². The smallest absolute Gasteiger partial charge is 0.218 e. The second-order valence-electron chi connectivity index (χ2n) is 3.98. The highest BCUT2D eigenvalue weighted by molar-refractivity contribution is 7.92. The summed E-state index contributed by atoms with van der Waals surface area (Å²) in [4.78, 5) is -0.0337. The van der Waals surface area contributed by atoms with E-state index in [9.17, 15) is 8.42 Å². The highest BCUT2D eigenvalue weighted by Gasteiger charge is 2.16. The predicted octanol–water partition coefficient (Wildman–Crippen LogP) is 1.26. The Morgan fingerprint density at radius 3 is 2.41 bits per heavy atom. The monoisotopic (exact) mass is 272 g/mol.